The lowest BCUT2D eigenvalue weighted by molar-refractivity contribution is -0.111. The molecule has 1 amide bonds. The topological polar surface area (TPSA) is 118 Å². The van der Waals surface area contributed by atoms with E-state index in [0.29, 0.717) is 52.2 Å². The van der Waals surface area contributed by atoms with E-state index in [2.05, 4.69) is 44.4 Å². The predicted molar refractivity (Wildman–Crippen MR) is 162 cm³/mol. The zero-order valence-corrected chi connectivity index (χ0v) is 24.7. The van der Waals surface area contributed by atoms with Crippen molar-refractivity contribution in [1.29, 1.82) is 0 Å². The van der Waals surface area contributed by atoms with Gasteiger partial charge in [0.2, 0.25) is 11.9 Å². The Labute approximate surface area is 239 Å². The van der Waals surface area contributed by atoms with Crippen molar-refractivity contribution in [3.05, 3.63) is 60.3 Å². The SMILES string of the molecule is C=CC(=O)Nc1cc(Nc2ncc(Cl)c(Nc3ccccc3P(C)(C)=O)n2)c(OC)cc1OCC1CCN(C)C1. The second-order valence-corrected chi connectivity index (χ2v) is 13.6. The number of likely N-dealkylation sites (tertiary alicyclic amines) is 1. The number of benzene rings is 2. The van der Waals surface area contributed by atoms with Crippen molar-refractivity contribution >= 4 is 58.8 Å². The summed E-state index contributed by atoms with van der Waals surface area (Å²) >= 11 is 6.41. The van der Waals surface area contributed by atoms with E-state index in [1.165, 1.54) is 12.3 Å². The van der Waals surface area contributed by atoms with Gasteiger partial charge in [-0.05, 0) is 57.6 Å². The van der Waals surface area contributed by atoms with Crippen LogP contribution >= 0.6 is 18.7 Å². The molecule has 0 aliphatic carbocycles. The van der Waals surface area contributed by atoms with Gasteiger partial charge in [-0.1, -0.05) is 30.3 Å². The molecule has 1 aliphatic heterocycles. The fourth-order valence-electron chi connectivity index (χ4n) is 4.41. The summed E-state index contributed by atoms with van der Waals surface area (Å²) in [7, 11) is 1.06. The van der Waals surface area contributed by atoms with E-state index in [-0.39, 0.29) is 16.9 Å². The van der Waals surface area contributed by atoms with E-state index in [4.69, 9.17) is 21.1 Å². The van der Waals surface area contributed by atoms with Gasteiger partial charge in [-0.3, -0.25) is 4.79 Å². The number of anilines is 5. The smallest absolute Gasteiger partial charge is 0.247 e. The highest BCUT2D eigenvalue weighted by Crippen LogP contribution is 2.40. The third-order valence-electron chi connectivity index (χ3n) is 6.44. The van der Waals surface area contributed by atoms with Crippen LogP contribution in [0.4, 0.5) is 28.8 Å². The van der Waals surface area contributed by atoms with Gasteiger partial charge in [-0.15, -0.1) is 0 Å². The van der Waals surface area contributed by atoms with Gasteiger partial charge in [0.05, 0.1) is 37.0 Å². The summed E-state index contributed by atoms with van der Waals surface area (Å²) in [6.45, 7) is 9.45. The van der Waals surface area contributed by atoms with Crippen LogP contribution < -0.4 is 30.7 Å². The largest absolute Gasteiger partial charge is 0.494 e. The number of ether oxygens (including phenoxy) is 2. The summed E-state index contributed by atoms with van der Waals surface area (Å²) < 4.78 is 24.6. The quantitative estimate of drug-likeness (QED) is 0.203. The van der Waals surface area contributed by atoms with Crippen LogP contribution in [-0.4, -0.2) is 68.0 Å². The number of aromatic nitrogens is 2. The van der Waals surface area contributed by atoms with Crippen LogP contribution in [0.5, 0.6) is 11.5 Å². The molecule has 1 unspecified atom stereocenters. The number of halogens is 1. The standard InChI is InChI=1S/C28H34ClN6O4P/c1-6-26(36)31-22-13-21(23(38-3)14-24(22)39-17-18-11-12-35(2)16-18)33-28-30-15-19(29)27(34-28)32-20-9-7-8-10-25(20)40(4,5)37/h6-10,13-15,18H,1,11-12,16-17H2,2-5H3,(H,31,36)(H2,30,32,33,34). The van der Waals surface area contributed by atoms with Crippen molar-refractivity contribution in [2.45, 2.75) is 6.42 Å². The van der Waals surface area contributed by atoms with Crippen LogP contribution in [0.25, 0.3) is 0 Å². The molecule has 2 heterocycles. The van der Waals surface area contributed by atoms with Gasteiger partial charge in [-0.2, -0.15) is 4.98 Å². The molecule has 0 bridgehead atoms. The molecule has 212 valence electrons. The highest BCUT2D eigenvalue weighted by molar-refractivity contribution is 7.70. The lowest BCUT2D eigenvalue weighted by atomic mass is 10.1. The Hall–Kier alpha value is -3.59. The Kier molecular flexibility index (Phi) is 9.35. The van der Waals surface area contributed by atoms with Crippen molar-refractivity contribution in [3.8, 4) is 11.5 Å². The number of methoxy groups -OCH3 is 1. The maximum absolute atomic E-state index is 12.8. The summed E-state index contributed by atoms with van der Waals surface area (Å²) in [6, 6.07) is 10.7. The first-order valence-corrected chi connectivity index (χ1v) is 15.7. The molecule has 0 spiro atoms. The fourth-order valence-corrected chi connectivity index (χ4v) is 5.70. The molecule has 1 saturated heterocycles. The maximum Gasteiger partial charge on any atom is 0.247 e. The van der Waals surface area contributed by atoms with Crippen LogP contribution in [0.3, 0.4) is 0 Å². The predicted octanol–water partition coefficient (Wildman–Crippen LogP) is 5.33. The number of carbonyl (C=O) groups is 1. The third-order valence-corrected chi connectivity index (χ3v) is 8.26. The minimum Gasteiger partial charge on any atom is -0.494 e. The summed E-state index contributed by atoms with van der Waals surface area (Å²) in [5, 5.41) is 10.1. The molecule has 12 heteroatoms. The summed E-state index contributed by atoms with van der Waals surface area (Å²) in [6.07, 6.45) is 3.70. The lowest BCUT2D eigenvalue weighted by Crippen LogP contribution is -2.18. The van der Waals surface area contributed by atoms with Gasteiger partial charge in [0, 0.05) is 23.8 Å². The van der Waals surface area contributed by atoms with Crippen LogP contribution in [0, 0.1) is 5.92 Å². The molecule has 1 fully saturated rings. The number of nitrogens with one attached hydrogen (secondary N) is 3. The van der Waals surface area contributed by atoms with E-state index >= 15 is 0 Å². The summed E-state index contributed by atoms with van der Waals surface area (Å²) in [4.78, 5) is 23.3. The molecule has 0 radical (unpaired) electrons. The first-order chi connectivity index (χ1) is 19.1. The van der Waals surface area contributed by atoms with Gasteiger partial charge in [0.15, 0.2) is 5.82 Å². The molecule has 3 N–H and O–H groups in total. The lowest BCUT2D eigenvalue weighted by Gasteiger charge is -2.19. The monoisotopic (exact) mass is 584 g/mol. The second-order valence-electron chi connectivity index (χ2n) is 9.98. The zero-order chi connectivity index (χ0) is 28.9. The van der Waals surface area contributed by atoms with Crippen molar-refractivity contribution in [1.82, 2.24) is 14.9 Å². The number of hydrogen-bond acceptors (Lipinski definition) is 9. The number of para-hydroxylation sites is 1. The molecule has 3 aromatic rings. The molecule has 10 nitrogen and oxygen atoms in total. The molecule has 1 aromatic heterocycles. The Bertz CT molecular complexity index is 1450. The second kappa shape index (κ2) is 12.7. The zero-order valence-electron chi connectivity index (χ0n) is 23.0. The Morgan fingerprint density at radius 1 is 1.20 bits per heavy atom. The van der Waals surface area contributed by atoms with Crippen LogP contribution in [0.1, 0.15) is 6.42 Å². The van der Waals surface area contributed by atoms with E-state index < -0.39 is 7.14 Å². The summed E-state index contributed by atoms with van der Waals surface area (Å²) in [5.41, 5.74) is 1.59. The number of nitrogens with zero attached hydrogens (tertiary/aromatic N) is 3. The van der Waals surface area contributed by atoms with Crippen molar-refractivity contribution in [2.75, 3.05) is 63.1 Å². The minimum atomic E-state index is -2.56. The molecular weight excluding hydrogens is 551 g/mol. The van der Waals surface area contributed by atoms with Gasteiger partial charge in [0.1, 0.15) is 23.7 Å². The van der Waals surface area contributed by atoms with E-state index in [1.807, 2.05) is 24.3 Å². The van der Waals surface area contributed by atoms with Gasteiger partial charge < -0.3 is 34.9 Å². The van der Waals surface area contributed by atoms with Gasteiger partial charge >= 0.3 is 0 Å². The molecular formula is C28H34ClN6O4P. The fraction of sp³-hybridized carbons (Fsp3) is 0.321. The van der Waals surface area contributed by atoms with Crippen molar-refractivity contribution in [2.24, 2.45) is 5.92 Å². The molecule has 4 rings (SSSR count). The molecule has 0 saturated carbocycles. The Morgan fingerprint density at radius 2 is 1.98 bits per heavy atom. The number of hydrogen-bond donors (Lipinski definition) is 3. The molecule has 2 aromatic carbocycles. The van der Waals surface area contributed by atoms with Crippen molar-refractivity contribution < 1.29 is 18.8 Å². The first-order valence-electron chi connectivity index (χ1n) is 12.7. The number of amides is 1. The van der Waals surface area contributed by atoms with E-state index in [1.54, 1.807) is 32.6 Å². The Morgan fingerprint density at radius 3 is 2.65 bits per heavy atom. The number of carbonyl (C=O) groups excluding carboxylic acids is 1. The highest BCUT2D eigenvalue weighted by Gasteiger charge is 2.22. The normalized spacial score (nSPS) is 15.4. The minimum absolute atomic E-state index is 0.225. The summed E-state index contributed by atoms with van der Waals surface area (Å²) in [5.74, 6) is 1.52. The van der Waals surface area contributed by atoms with Crippen molar-refractivity contribution in [3.63, 3.8) is 0 Å². The highest BCUT2D eigenvalue weighted by atomic mass is 35.5. The maximum atomic E-state index is 12.8. The van der Waals surface area contributed by atoms with Crippen LogP contribution in [0.15, 0.2) is 55.3 Å². The van der Waals surface area contributed by atoms with Crippen LogP contribution in [0.2, 0.25) is 5.02 Å². The average molecular weight is 585 g/mol. The number of rotatable bonds is 11. The van der Waals surface area contributed by atoms with Gasteiger partial charge in [0.25, 0.3) is 0 Å². The molecule has 1 aliphatic rings. The molecule has 1 atom stereocenters. The van der Waals surface area contributed by atoms with Crippen LogP contribution in [-0.2, 0) is 9.36 Å². The Balaban J connectivity index is 1.62. The van der Waals surface area contributed by atoms with Gasteiger partial charge in [-0.25, -0.2) is 4.98 Å². The van der Waals surface area contributed by atoms with E-state index in [9.17, 15) is 9.36 Å². The third kappa shape index (κ3) is 7.33. The first kappa shape index (κ1) is 29.4. The average Bonchev–Trinajstić information content (AvgIpc) is 3.34. The molecule has 40 heavy (non-hydrogen) atoms. The van der Waals surface area contributed by atoms with E-state index in [0.717, 1.165) is 19.5 Å².